The normalized spacial score (nSPS) is 20.5. The zero-order chi connectivity index (χ0) is 21.0. The number of nitrogens with one attached hydrogen (secondary N) is 1. The van der Waals surface area contributed by atoms with E-state index in [0.717, 1.165) is 61.3 Å². The quantitative estimate of drug-likeness (QED) is 0.687. The molecule has 3 aromatic rings. The molecule has 0 aromatic carbocycles. The number of pyridine rings is 1. The summed E-state index contributed by atoms with van der Waals surface area (Å²) in [6.07, 6.45) is 8.95. The number of furan rings is 1. The molecule has 160 valence electrons. The highest BCUT2D eigenvalue weighted by atomic mass is 16.5. The maximum atomic E-state index is 12.7. The van der Waals surface area contributed by atoms with Gasteiger partial charge < -0.3 is 14.5 Å². The molecule has 7 nitrogen and oxygen atoms in total. The van der Waals surface area contributed by atoms with Gasteiger partial charge in [0.2, 0.25) is 0 Å². The number of hydrogen-bond acceptors (Lipinski definition) is 5. The van der Waals surface area contributed by atoms with E-state index in [-0.39, 0.29) is 17.4 Å². The standard InChI is InChI=1S/C24H26N4O3/c1-15-21-22(27-28(15)14-16-4-2-8-25-12-16)18-10-19(31-20(18)11-24(21)6-7-24)23(29)26-13-17-5-3-9-30-17/h2,4,8,10,12,17H,3,5-7,9,11,13-14H2,1H3,(H,26,29)/t17-/m0/s1. The summed E-state index contributed by atoms with van der Waals surface area (Å²) in [6, 6.07) is 5.89. The average Bonchev–Trinajstić information content (AvgIpc) is 3.15. The molecule has 7 heteroatoms. The van der Waals surface area contributed by atoms with Crippen LogP contribution in [0.4, 0.5) is 0 Å². The summed E-state index contributed by atoms with van der Waals surface area (Å²) < 4.78 is 13.7. The first-order chi connectivity index (χ1) is 15.1. The minimum absolute atomic E-state index is 0.112. The van der Waals surface area contributed by atoms with Crippen molar-refractivity contribution in [2.75, 3.05) is 13.2 Å². The van der Waals surface area contributed by atoms with Gasteiger partial charge in [-0.1, -0.05) is 6.07 Å². The number of rotatable bonds is 5. The molecule has 0 bridgehead atoms. The zero-order valence-corrected chi connectivity index (χ0v) is 17.7. The lowest BCUT2D eigenvalue weighted by molar-refractivity contribution is 0.0833. The third kappa shape index (κ3) is 3.19. The summed E-state index contributed by atoms with van der Waals surface area (Å²) in [4.78, 5) is 17.0. The van der Waals surface area contributed by atoms with E-state index in [1.807, 2.05) is 18.3 Å². The summed E-state index contributed by atoms with van der Waals surface area (Å²) in [5.41, 5.74) is 5.70. The lowest BCUT2D eigenvalue weighted by atomic mass is 9.82. The van der Waals surface area contributed by atoms with Crippen LogP contribution in [0.3, 0.4) is 0 Å². The van der Waals surface area contributed by atoms with Crippen molar-refractivity contribution in [3.8, 4) is 11.3 Å². The van der Waals surface area contributed by atoms with Gasteiger partial charge in [0.05, 0.1) is 18.3 Å². The lowest BCUT2D eigenvalue weighted by Gasteiger charge is -2.21. The first-order valence-electron chi connectivity index (χ1n) is 11.1. The molecular formula is C24H26N4O3. The SMILES string of the molecule is Cc1c2c(nn1Cc1cccnc1)-c1cc(C(=O)NC[C@@H]3CCCO3)oc1CC21CC1. The van der Waals surface area contributed by atoms with Gasteiger partial charge in [0.1, 0.15) is 5.76 Å². The van der Waals surface area contributed by atoms with Crippen LogP contribution in [-0.4, -0.2) is 39.9 Å². The largest absolute Gasteiger partial charge is 0.455 e. The lowest BCUT2D eigenvalue weighted by Crippen LogP contribution is -2.31. The fourth-order valence-electron chi connectivity index (χ4n) is 5.13. The Hall–Kier alpha value is -2.93. The molecule has 6 rings (SSSR count). The molecule has 1 saturated carbocycles. The van der Waals surface area contributed by atoms with Crippen LogP contribution in [0.1, 0.15) is 58.8 Å². The van der Waals surface area contributed by atoms with Crippen molar-refractivity contribution in [1.82, 2.24) is 20.1 Å². The Bertz CT molecular complexity index is 1140. The molecule has 3 aliphatic rings. The van der Waals surface area contributed by atoms with Crippen LogP contribution < -0.4 is 5.32 Å². The molecule has 1 saturated heterocycles. The van der Waals surface area contributed by atoms with Crippen molar-refractivity contribution in [1.29, 1.82) is 0 Å². The Morgan fingerprint density at radius 3 is 3.03 bits per heavy atom. The third-order valence-electron chi connectivity index (χ3n) is 6.95. The molecule has 1 spiro atoms. The number of fused-ring (bicyclic) bond motifs is 4. The van der Waals surface area contributed by atoms with Crippen LogP contribution in [0.5, 0.6) is 0 Å². The van der Waals surface area contributed by atoms with E-state index >= 15 is 0 Å². The summed E-state index contributed by atoms with van der Waals surface area (Å²) >= 11 is 0. The van der Waals surface area contributed by atoms with Gasteiger partial charge in [-0.2, -0.15) is 5.10 Å². The Morgan fingerprint density at radius 1 is 1.39 bits per heavy atom. The molecule has 2 aliphatic carbocycles. The van der Waals surface area contributed by atoms with E-state index in [0.29, 0.717) is 18.8 Å². The van der Waals surface area contributed by atoms with Gasteiger partial charge in [-0.05, 0) is 50.3 Å². The number of carbonyl (C=O) groups excluding carboxylic acids is 1. The summed E-state index contributed by atoms with van der Waals surface area (Å²) in [6.45, 7) is 4.15. The Morgan fingerprint density at radius 2 is 2.29 bits per heavy atom. The van der Waals surface area contributed by atoms with Crippen molar-refractivity contribution in [3.63, 3.8) is 0 Å². The number of carbonyl (C=O) groups is 1. The van der Waals surface area contributed by atoms with Gasteiger partial charge in [-0.3, -0.25) is 14.5 Å². The highest BCUT2D eigenvalue weighted by Gasteiger charge is 2.52. The van der Waals surface area contributed by atoms with Gasteiger partial charge in [0, 0.05) is 54.2 Å². The Balaban J connectivity index is 1.31. The second-order valence-electron chi connectivity index (χ2n) is 9.08. The van der Waals surface area contributed by atoms with Gasteiger partial charge in [0.25, 0.3) is 5.91 Å². The molecule has 4 heterocycles. The van der Waals surface area contributed by atoms with Crippen molar-refractivity contribution in [2.24, 2.45) is 0 Å². The summed E-state index contributed by atoms with van der Waals surface area (Å²) in [5, 5.41) is 7.95. The molecule has 1 amide bonds. The second kappa shape index (κ2) is 7.05. The van der Waals surface area contributed by atoms with E-state index in [1.165, 1.54) is 11.3 Å². The van der Waals surface area contributed by atoms with Crippen LogP contribution in [-0.2, 0) is 23.1 Å². The molecule has 1 N–H and O–H groups in total. The van der Waals surface area contributed by atoms with Crippen molar-refractivity contribution >= 4 is 5.91 Å². The fraction of sp³-hybridized carbons (Fsp3) is 0.458. The summed E-state index contributed by atoms with van der Waals surface area (Å²) in [5.74, 6) is 1.08. The van der Waals surface area contributed by atoms with Gasteiger partial charge in [-0.25, -0.2) is 0 Å². The van der Waals surface area contributed by atoms with Crippen LogP contribution in [0.15, 0.2) is 35.0 Å². The molecule has 31 heavy (non-hydrogen) atoms. The number of nitrogens with zero attached hydrogens (tertiary/aromatic N) is 3. The molecule has 0 radical (unpaired) electrons. The number of aromatic nitrogens is 3. The minimum Gasteiger partial charge on any atom is -0.455 e. The predicted molar refractivity (Wildman–Crippen MR) is 114 cm³/mol. The first kappa shape index (κ1) is 18.8. The molecule has 1 atom stereocenters. The molecule has 2 fully saturated rings. The Labute approximate surface area is 180 Å². The third-order valence-corrected chi connectivity index (χ3v) is 6.95. The average molecular weight is 418 g/mol. The van der Waals surface area contributed by atoms with Crippen molar-refractivity contribution in [3.05, 3.63) is 58.9 Å². The van der Waals surface area contributed by atoms with Gasteiger partial charge in [0.15, 0.2) is 5.76 Å². The highest BCUT2D eigenvalue weighted by Crippen LogP contribution is 2.58. The van der Waals surface area contributed by atoms with Crippen molar-refractivity contribution < 1.29 is 13.9 Å². The maximum absolute atomic E-state index is 12.7. The fourth-order valence-corrected chi connectivity index (χ4v) is 5.13. The number of hydrogen-bond donors (Lipinski definition) is 1. The van der Waals surface area contributed by atoms with Crippen LogP contribution in [0.25, 0.3) is 11.3 Å². The maximum Gasteiger partial charge on any atom is 0.287 e. The van der Waals surface area contributed by atoms with Crippen LogP contribution in [0.2, 0.25) is 0 Å². The predicted octanol–water partition coefficient (Wildman–Crippen LogP) is 3.39. The summed E-state index contributed by atoms with van der Waals surface area (Å²) in [7, 11) is 0. The van der Waals surface area contributed by atoms with Crippen LogP contribution in [0, 0.1) is 6.92 Å². The second-order valence-corrected chi connectivity index (χ2v) is 9.08. The number of ether oxygens (including phenoxy) is 1. The van der Waals surface area contributed by atoms with E-state index < -0.39 is 0 Å². The zero-order valence-electron chi connectivity index (χ0n) is 17.7. The van der Waals surface area contributed by atoms with E-state index in [4.69, 9.17) is 14.3 Å². The smallest absolute Gasteiger partial charge is 0.287 e. The Kier molecular flexibility index (Phi) is 4.28. The monoisotopic (exact) mass is 418 g/mol. The van der Waals surface area contributed by atoms with E-state index in [2.05, 4.69) is 28.0 Å². The van der Waals surface area contributed by atoms with E-state index in [1.54, 1.807) is 6.20 Å². The highest BCUT2D eigenvalue weighted by molar-refractivity contribution is 5.93. The topological polar surface area (TPSA) is 82.2 Å². The van der Waals surface area contributed by atoms with E-state index in [9.17, 15) is 4.79 Å². The first-order valence-corrected chi connectivity index (χ1v) is 11.1. The van der Waals surface area contributed by atoms with Crippen LogP contribution >= 0.6 is 0 Å². The molecular weight excluding hydrogens is 392 g/mol. The number of amides is 1. The van der Waals surface area contributed by atoms with Gasteiger partial charge in [-0.15, -0.1) is 0 Å². The molecule has 0 unspecified atom stereocenters. The minimum atomic E-state index is -0.178. The van der Waals surface area contributed by atoms with Gasteiger partial charge >= 0.3 is 0 Å². The molecule has 1 aliphatic heterocycles. The molecule has 3 aromatic heterocycles. The van der Waals surface area contributed by atoms with Crippen molar-refractivity contribution in [2.45, 2.75) is 57.1 Å².